The lowest BCUT2D eigenvalue weighted by atomic mass is 9.84. The Kier molecular flexibility index (Phi) is 3.23. The molecule has 3 fully saturated rings. The molecule has 110 valence electrons. The Morgan fingerprint density at radius 3 is 2.86 bits per heavy atom. The lowest BCUT2D eigenvalue weighted by Crippen LogP contribution is -2.57. The molecule has 0 spiro atoms. The molecule has 0 radical (unpaired) electrons. The molecule has 5 heterocycles. The predicted molar refractivity (Wildman–Crippen MR) is 83.3 cm³/mol. The zero-order valence-corrected chi connectivity index (χ0v) is 13.2. The second-order valence-corrected chi connectivity index (χ2v) is 6.90. The van der Waals surface area contributed by atoms with Crippen LogP contribution in [-0.2, 0) is 0 Å². The minimum atomic E-state index is -0.0690. The zero-order chi connectivity index (χ0) is 14.4. The lowest BCUT2D eigenvalue weighted by molar-refractivity contribution is 0.0617. The van der Waals surface area contributed by atoms with Gasteiger partial charge >= 0.3 is 0 Å². The third kappa shape index (κ3) is 2.46. The van der Waals surface area contributed by atoms with E-state index in [1.807, 2.05) is 16.7 Å². The number of carbonyl (C=O) groups is 1. The number of piperidine rings is 3. The van der Waals surface area contributed by atoms with Crippen LogP contribution in [0.15, 0.2) is 29.1 Å². The summed E-state index contributed by atoms with van der Waals surface area (Å²) in [5.74, 6) is 0.559. The lowest BCUT2D eigenvalue weighted by Gasteiger charge is -2.44. The van der Waals surface area contributed by atoms with Crippen molar-refractivity contribution in [2.24, 2.45) is 5.92 Å². The molecule has 0 aromatic carbocycles. The highest BCUT2D eigenvalue weighted by Gasteiger charge is 2.35. The van der Waals surface area contributed by atoms with Gasteiger partial charge in [-0.25, -0.2) is 4.98 Å². The highest BCUT2D eigenvalue weighted by molar-refractivity contribution is 9.10. The van der Waals surface area contributed by atoms with E-state index in [-0.39, 0.29) is 11.9 Å². The van der Waals surface area contributed by atoms with E-state index in [1.165, 1.54) is 25.9 Å². The highest BCUT2D eigenvalue weighted by Crippen LogP contribution is 2.27. The second kappa shape index (κ2) is 5.10. The van der Waals surface area contributed by atoms with Gasteiger partial charge in [-0.15, -0.1) is 0 Å². The van der Waals surface area contributed by atoms with Crippen molar-refractivity contribution in [3.63, 3.8) is 0 Å². The summed E-state index contributed by atoms with van der Waals surface area (Å²) in [5.41, 5.74) is 1.45. The molecule has 5 nitrogen and oxygen atoms in total. The van der Waals surface area contributed by atoms with Crippen molar-refractivity contribution >= 4 is 27.4 Å². The Morgan fingerprint density at radius 1 is 1.33 bits per heavy atom. The van der Waals surface area contributed by atoms with Gasteiger partial charge in [-0.05, 0) is 53.8 Å². The minimum Gasteiger partial charge on any atom is -0.346 e. The van der Waals surface area contributed by atoms with Crippen LogP contribution < -0.4 is 5.32 Å². The predicted octanol–water partition coefficient (Wildman–Crippen LogP) is 1.92. The molecule has 3 aliphatic heterocycles. The first-order chi connectivity index (χ1) is 10.2. The van der Waals surface area contributed by atoms with Gasteiger partial charge in [-0.1, -0.05) is 0 Å². The Bertz CT molecular complexity index is 690. The van der Waals surface area contributed by atoms with Gasteiger partial charge in [-0.2, -0.15) is 0 Å². The topological polar surface area (TPSA) is 49.6 Å². The van der Waals surface area contributed by atoms with Crippen molar-refractivity contribution in [2.75, 3.05) is 19.6 Å². The molecule has 0 aliphatic carbocycles. The number of rotatable bonds is 2. The van der Waals surface area contributed by atoms with Gasteiger partial charge in [0, 0.05) is 29.5 Å². The molecule has 0 unspecified atom stereocenters. The molecule has 1 amide bonds. The molecular formula is C15H17BrN4O. The second-order valence-electron chi connectivity index (χ2n) is 5.98. The maximum Gasteiger partial charge on any atom is 0.271 e. The summed E-state index contributed by atoms with van der Waals surface area (Å²) < 4.78 is 2.90. The van der Waals surface area contributed by atoms with E-state index < -0.39 is 0 Å². The Morgan fingerprint density at radius 2 is 2.14 bits per heavy atom. The van der Waals surface area contributed by atoms with Gasteiger partial charge < -0.3 is 14.6 Å². The van der Waals surface area contributed by atoms with Gasteiger partial charge in [0.25, 0.3) is 5.91 Å². The van der Waals surface area contributed by atoms with Crippen LogP contribution in [0.1, 0.15) is 23.3 Å². The Labute approximate surface area is 131 Å². The molecule has 0 saturated carbocycles. The number of aromatic nitrogens is 2. The van der Waals surface area contributed by atoms with E-state index in [4.69, 9.17) is 0 Å². The van der Waals surface area contributed by atoms with Crippen LogP contribution in [-0.4, -0.2) is 45.9 Å². The SMILES string of the molecule is O=C(N[C@H]1CN2CCC1CC2)c1cn2cc(Br)cc2cn1. The smallest absolute Gasteiger partial charge is 0.271 e. The monoisotopic (exact) mass is 348 g/mol. The van der Waals surface area contributed by atoms with Crippen molar-refractivity contribution in [3.8, 4) is 0 Å². The summed E-state index contributed by atoms with van der Waals surface area (Å²) in [6, 6.07) is 2.25. The number of nitrogens with one attached hydrogen (secondary N) is 1. The van der Waals surface area contributed by atoms with E-state index in [1.54, 1.807) is 12.4 Å². The van der Waals surface area contributed by atoms with Crippen molar-refractivity contribution in [1.29, 1.82) is 0 Å². The number of hydrogen-bond donors (Lipinski definition) is 1. The summed E-state index contributed by atoms with van der Waals surface area (Å²) >= 11 is 3.43. The molecule has 3 aliphatic rings. The average Bonchev–Trinajstić information content (AvgIpc) is 2.87. The fourth-order valence-corrected chi connectivity index (χ4v) is 3.92. The van der Waals surface area contributed by atoms with Gasteiger partial charge in [0.15, 0.2) is 0 Å². The van der Waals surface area contributed by atoms with Crippen LogP contribution in [0.2, 0.25) is 0 Å². The quantitative estimate of drug-likeness (QED) is 0.901. The molecular weight excluding hydrogens is 332 g/mol. The van der Waals surface area contributed by atoms with Gasteiger partial charge in [0.05, 0.1) is 11.7 Å². The number of halogens is 1. The van der Waals surface area contributed by atoms with Crippen LogP contribution in [0.4, 0.5) is 0 Å². The van der Waals surface area contributed by atoms with Crippen LogP contribution >= 0.6 is 15.9 Å². The Hall–Kier alpha value is -1.40. The standard InChI is InChI=1S/C15H17BrN4O/c16-11-5-12-6-17-14(9-20(12)7-11)15(21)18-13-8-19-3-1-10(13)2-4-19/h5-7,9-10,13H,1-4,8H2,(H,18,21)/t13-/m0/s1. The van der Waals surface area contributed by atoms with E-state index >= 15 is 0 Å². The largest absolute Gasteiger partial charge is 0.346 e. The molecule has 3 saturated heterocycles. The molecule has 2 bridgehead atoms. The van der Waals surface area contributed by atoms with E-state index in [0.717, 1.165) is 16.5 Å². The number of nitrogens with zero attached hydrogens (tertiary/aromatic N) is 3. The van der Waals surface area contributed by atoms with Gasteiger partial charge in [-0.3, -0.25) is 4.79 Å². The fourth-order valence-electron chi connectivity index (χ4n) is 3.47. The first-order valence-electron chi connectivity index (χ1n) is 7.35. The Balaban J connectivity index is 1.53. The van der Waals surface area contributed by atoms with Crippen molar-refractivity contribution in [2.45, 2.75) is 18.9 Å². The van der Waals surface area contributed by atoms with Crippen LogP contribution in [0.3, 0.4) is 0 Å². The van der Waals surface area contributed by atoms with E-state index in [2.05, 4.69) is 31.1 Å². The molecule has 2 aromatic rings. The van der Waals surface area contributed by atoms with Gasteiger partial charge in [0.2, 0.25) is 0 Å². The first-order valence-corrected chi connectivity index (χ1v) is 8.15. The third-order valence-corrected chi connectivity index (χ3v) is 5.08. The molecule has 2 aromatic heterocycles. The van der Waals surface area contributed by atoms with E-state index in [0.29, 0.717) is 11.6 Å². The number of amides is 1. The highest BCUT2D eigenvalue weighted by atomic mass is 79.9. The number of carbonyl (C=O) groups excluding carboxylic acids is 1. The molecule has 5 rings (SSSR count). The molecule has 6 heteroatoms. The van der Waals surface area contributed by atoms with Crippen LogP contribution in [0.25, 0.3) is 5.52 Å². The summed E-state index contributed by atoms with van der Waals surface area (Å²) in [6.45, 7) is 3.34. The maximum atomic E-state index is 12.4. The van der Waals surface area contributed by atoms with Crippen molar-refractivity contribution in [1.82, 2.24) is 19.6 Å². The maximum absolute atomic E-state index is 12.4. The van der Waals surface area contributed by atoms with Crippen LogP contribution in [0.5, 0.6) is 0 Å². The van der Waals surface area contributed by atoms with Crippen LogP contribution in [0, 0.1) is 5.92 Å². The summed E-state index contributed by atoms with van der Waals surface area (Å²) in [5, 5.41) is 3.17. The third-order valence-electron chi connectivity index (χ3n) is 4.65. The van der Waals surface area contributed by atoms with Crippen molar-refractivity contribution in [3.05, 3.63) is 34.8 Å². The zero-order valence-electron chi connectivity index (χ0n) is 11.6. The first kappa shape index (κ1) is 13.3. The summed E-state index contributed by atoms with van der Waals surface area (Å²) in [4.78, 5) is 19.1. The van der Waals surface area contributed by atoms with Gasteiger partial charge in [0.1, 0.15) is 5.69 Å². The van der Waals surface area contributed by atoms with E-state index in [9.17, 15) is 4.79 Å². The van der Waals surface area contributed by atoms with Crippen molar-refractivity contribution < 1.29 is 4.79 Å². The average molecular weight is 349 g/mol. The molecule has 1 N–H and O–H groups in total. The molecule has 21 heavy (non-hydrogen) atoms. The fraction of sp³-hybridized carbons (Fsp3) is 0.467. The molecule has 1 atom stereocenters. The summed E-state index contributed by atoms with van der Waals surface area (Å²) in [7, 11) is 0. The minimum absolute atomic E-state index is 0.0690. The number of hydrogen-bond acceptors (Lipinski definition) is 3. The normalized spacial score (nSPS) is 28.0. The summed E-state index contributed by atoms with van der Waals surface area (Å²) in [6.07, 6.45) is 7.85. The number of fused-ring (bicyclic) bond motifs is 4.